The van der Waals surface area contributed by atoms with Crippen molar-refractivity contribution in [2.24, 2.45) is 5.92 Å². The van der Waals surface area contributed by atoms with Crippen LogP contribution in [0.4, 0.5) is 11.5 Å². The molecule has 0 aromatic carbocycles. The SMILES string of the molecule is Nc1ccc(Cl)nc1NCCOCC1CC1. The Kier molecular flexibility index (Phi) is 3.85. The zero-order valence-corrected chi connectivity index (χ0v) is 9.83. The van der Waals surface area contributed by atoms with Gasteiger partial charge in [-0.15, -0.1) is 0 Å². The van der Waals surface area contributed by atoms with Gasteiger partial charge in [-0.05, 0) is 30.9 Å². The number of nitrogens with zero attached hydrogens (tertiary/aromatic N) is 1. The number of pyridine rings is 1. The van der Waals surface area contributed by atoms with E-state index in [1.165, 1.54) is 12.8 Å². The highest BCUT2D eigenvalue weighted by atomic mass is 35.5. The average Bonchev–Trinajstić information content (AvgIpc) is 3.06. The molecule has 0 radical (unpaired) electrons. The van der Waals surface area contributed by atoms with Gasteiger partial charge in [-0.3, -0.25) is 0 Å². The van der Waals surface area contributed by atoms with E-state index in [1.54, 1.807) is 12.1 Å². The van der Waals surface area contributed by atoms with Gasteiger partial charge in [0, 0.05) is 13.2 Å². The van der Waals surface area contributed by atoms with Crippen LogP contribution < -0.4 is 11.1 Å². The maximum Gasteiger partial charge on any atom is 0.151 e. The summed E-state index contributed by atoms with van der Waals surface area (Å²) in [5, 5.41) is 3.54. The molecule has 0 aliphatic heterocycles. The molecule has 0 atom stereocenters. The third-order valence-corrected chi connectivity index (χ3v) is 2.69. The minimum absolute atomic E-state index is 0.440. The Bertz CT molecular complexity index is 355. The number of rotatable bonds is 6. The molecule has 1 aliphatic carbocycles. The summed E-state index contributed by atoms with van der Waals surface area (Å²) in [5.74, 6) is 1.43. The quantitative estimate of drug-likeness (QED) is 0.592. The lowest BCUT2D eigenvalue weighted by Gasteiger charge is -2.08. The number of hydrogen-bond acceptors (Lipinski definition) is 4. The molecule has 0 amide bonds. The molecule has 1 aliphatic rings. The lowest BCUT2D eigenvalue weighted by Crippen LogP contribution is -2.12. The maximum absolute atomic E-state index is 5.77. The molecule has 1 aromatic heterocycles. The Morgan fingerprint density at radius 2 is 2.31 bits per heavy atom. The predicted molar refractivity (Wildman–Crippen MR) is 65.7 cm³/mol. The number of ether oxygens (including phenoxy) is 1. The highest BCUT2D eigenvalue weighted by Crippen LogP contribution is 2.28. The third kappa shape index (κ3) is 3.54. The van der Waals surface area contributed by atoms with Crippen molar-refractivity contribution in [1.29, 1.82) is 0 Å². The number of nitrogens with two attached hydrogens (primary N) is 1. The lowest BCUT2D eigenvalue weighted by atomic mass is 10.4. The van der Waals surface area contributed by atoms with Crippen LogP contribution in [0.2, 0.25) is 5.15 Å². The summed E-state index contributed by atoms with van der Waals surface area (Å²) in [6.07, 6.45) is 2.63. The number of nitrogen functional groups attached to an aromatic ring is 1. The molecule has 2 rings (SSSR count). The van der Waals surface area contributed by atoms with Crippen LogP contribution in [0.25, 0.3) is 0 Å². The molecule has 0 spiro atoms. The second-order valence-corrected chi connectivity index (χ2v) is 4.40. The average molecular weight is 242 g/mol. The smallest absolute Gasteiger partial charge is 0.151 e. The van der Waals surface area contributed by atoms with Crippen LogP contribution >= 0.6 is 11.6 Å². The Labute approximate surface area is 100 Å². The molecule has 1 aromatic rings. The molecule has 5 heteroatoms. The van der Waals surface area contributed by atoms with Gasteiger partial charge in [0.05, 0.1) is 12.3 Å². The van der Waals surface area contributed by atoms with E-state index >= 15 is 0 Å². The van der Waals surface area contributed by atoms with E-state index in [0.29, 0.717) is 29.8 Å². The highest BCUT2D eigenvalue weighted by Gasteiger charge is 2.20. The summed E-state index contributed by atoms with van der Waals surface area (Å²) >= 11 is 5.77. The van der Waals surface area contributed by atoms with Crippen LogP contribution in [-0.4, -0.2) is 24.7 Å². The number of nitrogens with one attached hydrogen (secondary N) is 1. The van der Waals surface area contributed by atoms with E-state index < -0.39 is 0 Å². The summed E-state index contributed by atoms with van der Waals surface area (Å²) < 4.78 is 5.49. The Morgan fingerprint density at radius 3 is 3.06 bits per heavy atom. The molecule has 0 bridgehead atoms. The van der Waals surface area contributed by atoms with E-state index in [4.69, 9.17) is 22.1 Å². The van der Waals surface area contributed by atoms with Gasteiger partial charge < -0.3 is 15.8 Å². The van der Waals surface area contributed by atoms with Crippen LogP contribution in [0.15, 0.2) is 12.1 Å². The predicted octanol–water partition coefficient (Wildman–Crippen LogP) is 2.16. The van der Waals surface area contributed by atoms with Crippen LogP contribution in [0.5, 0.6) is 0 Å². The minimum atomic E-state index is 0.440. The largest absolute Gasteiger partial charge is 0.396 e. The highest BCUT2D eigenvalue weighted by molar-refractivity contribution is 6.29. The molecule has 1 saturated carbocycles. The van der Waals surface area contributed by atoms with Gasteiger partial charge in [-0.1, -0.05) is 11.6 Å². The molecular weight excluding hydrogens is 226 g/mol. The topological polar surface area (TPSA) is 60.2 Å². The molecule has 4 nitrogen and oxygen atoms in total. The van der Waals surface area contributed by atoms with E-state index in [1.807, 2.05) is 0 Å². The van der Waals surface area contributed by atoms with Crippen molar-refractivity contribution in [3.05, 3.63) is 17.3 Å². The second kappa shape index (κ2) is 5.37. The summed E-state index contributed by atoms with van der Waals surface area (Å²) in [5.41, 5.74) is 6.34. The summed E-state index contributed by atoms with van der Waals surface area (Å²) in [6, 6.07) is 3.41. The van der Waals surface area contributed by atoms with Gasteiger partial charge in [0.1, 0.15) is 5.15 Å². The fraction of sp³-hybridized carbons (Fsp3) is 0.545. The number of anilines is 2. The Hall–Kier alpha value is -1.00. The van der Waals surface area contributed by atoms with Crippen molar-refractivity contribution in [3.8, 4) is 0 Å². The fourth-order valence-corrected chi connectivity index (χ4v) is 1.51. The van der Waals surface area contributed by atoms with Crippen molar-refractivity contribution >= 4 is 23.1 Å². The van der Waals surface area contributed by atoms with Gasteiger partial charge in [0.2, 0.25) is 0 Å². The Morgan fingerprint density at radius 1 is 1.50 bits per heavy atom. The standard InChI is InChI=1S/C11H16ClN3O/c12-10-4-3-9(13)11(15-10)14-5-6-16-7-8-1-2-8/h3-4,8H,1-2,5-7,13H2,(H,14,15). The molecule has 1 fully saturated rings. The first-order valence-corrected chi connectivity index (χ1v) is 5.87. The second-order valence-electron chi connectivity index (χ2n) is 4.02. The molecular formula is C11H16ClN3O. The zero-order chi connectivity index (χ0) is 11.4. The van der Waals surface area contributed by atoms with E-state index in [9.17, 15) is 0 Å². The zero-order valence-electron chi connectivity index (χ0n) is 9.08. The van der Waals surface area contributed by atoms with E-state index in [-0.39, 0.29) is 0 Å². The Balaban J connectivity index is 1.69. The normalized spacial score (nSPS) is 15.1. The van der Waals surface area contributed by atoms with Crippen LogP contribution in [0.1, 0.15) is 12.8 Å². The summed E-state index contributed by atoms with van der Waals surface area (Å²) in [6.45, 7) is 2.24. The number of hydrogen-bond donors (Lipinski definition) is 2. The number of aromatic nitrogens is 1. The molecule has 0 unspecified atom stereocenters. The fourth-order valence-electron chi connectivity index (χ4n) is 1.36. The van der Waals surface area contributed by atoms with Gasteiger partial charge >= 0.3 is 0 Å². The summed E-state index contributed by atoms with van der Waals surface area (Å²) in [7, 11) is 0. The van der Waals surface area contributed by atoms with Crippen molar-refractivity contribution < 1.29 is 4.74 Å². The van der Waals surface area contributed by atoms with Gasteiger partial charge in [0.25, 0.3) is 0 Å². The first-order chi connectivity index (χ1) is 7.75. The van der Waals surface area contributed by atoms with Gasteiger partial charge in [-0.2, -0.15) is 0 Å². The molecule has 0 saturated heterocycles. The van der Waals surface area contributed by atoms with Gasteiger partial charge in [-0.25, -0.2) is 4.98 Å². The monoisotopic (exact) mass is 241 g/mol. The lowest BCUT2D eigenvalue weighted by molar-refractivity contribution is 0.134. The summed E-state index contributed by atoms with van der Waals surface area (Å²) in [4.78, 5) is 4.09. The molecule has 1 heterocycles. The van der Waals surface area contributed by atoms with Crippen LogP contribution in [0.3, 0.4) is 0 Å². The molecule has 88 valence electrons. The number of halogens is 1. The molecule has 3 N–H and O–H groups in total. The molecule has 16 heavy (non-hydrogen) atoms. The minimum Gasteiger partial charge on any atom is -0.396 e. The van der Waals surface area contributed by atoms with E-state index in [0.717, 1.165) is 12.5 Å². The van der Waals surface area contributed by atoms with Crippen LogP contribution in [0, 0.1) is 5.92 Å². The maximum atomic E-state index is 5.77. The van der Waals surface area contributed by atoms with E-state index in [2.05, 4.69) is 10.3 Å². The van der Waals surface area contributed by atoms with Crippen LogP contribution in [-0.2, 0) is 4.74 Å². The third-order valence-electron chi connectivity index (χ3n) is 2.48. The first-order valence-electron chi connectivity index (χ1n) is 5.49. The van der Waals surface area contributed by atoms with Gasteiger partial charge in [0.15, 0.2) is 5.82 Å². The van der Waals surface area contributed by atoms with Crippen molar-refractivity contribution in [2.75, 3.05) is 30.8 Å². The van der Waals surface area contributed by atoms with Crippen molar-refractivity contribution in [3.63, 3.8) is 0 Å². The van der Waals surface area contributed by atoms with Crippen molar-refractivity contribution in [1.82, 2.24) is 4.98 Å². The first kappa shape index (κ1) is 11.5. The van der Waals surface area contributed by atoms with Crippen molar-refractivity contribution in [2.45, 2.75) is 12.8 Å².